The number of hydrogen-bond donors (Lipinski definition) is 2. The molecule has 6 nitrogen and oxygen atoms in total. The van der Waals surface area contributed by atoms with E-state index in [1.165, 1.54) is 11.3 Å². The molecule has 0 saturated carbocycles. The number of thiophene rings is 1. The zero-order valence-electron chi connectivity index (χ0n) is 11.8. The summed E-state index contributed by atoms with van der Waals surface area (Å²) in [6.07, 6.45) is 0.622. The number of nitrogens with two attached hydrogens (primary N) is 1. The smallest absolute Gasteiger partial charge is 0.250 e. The van der Waals surface area contributed by atoms with E-state index in [4.69, 9.17) is 15.2 Å². The minimum atomic E-state index is -3.44. The van der Waals surface area contributed by atoms with Crippen molar-refractivity contribution >= 4 is 21.4 Å². The molecule has 0 aliphatic rings. The summed E-state index contributed by atoms with van der Waals surface area (Å²) in [5.41, 5.74) is 6.47. The quantitative estimate of drug-likeness (QED) is 0.623. The highest BCUT2D eigenvalue weighted by Gasteiger charge is 2.17. The van der Waals surface area contributed by atoms with Crippen molar-refractivity contribution < 1.29 is 17.9 Å². The number of sulfonamides is 1. The summed E-state index contributed by atoms with van der Waals surface area (Å²) in [5, 5.41) is 0. The standard InChI is InChI=1S/C12H22N2O4S2/c1-10-8-12(19-11(10)9-13)20(15,16)14-4-3-5-18-7-6-17-2/h8,14H,3-7,9,13H2,1-2H3. The van der Waals surface area contributed by atoms with Crippen molar-refractivity contribution in [2.24, 2.45) is 5.73 Å². The molecule has 0 aromatic carbocycles. The van der Waals surface area contributed by atoms with Crippen LogP contribution >= 0.6 is 11.3 Å². The highest BCUT2D eigenvalue weighted by molar-refractivity contribution is 7.91. The zero-order chi connectivity index (χ0) is 15.0. The predicted octanol–water partition coefficient (Wildman–Crippen LogP) is 0.847. The summed E-state index contributed by atoms with van der Waals surface area (Å²) in [5.74, 6) is 0. The molecule has 0 aliphatic carbocycles. The van der Waals surface area contributed by atoms with E-state index >= 15 is 0 Å². The van der Waals surface area contributed by atoms with Crippen LogP contribution in [0.5, 0.6) is 0 Å². The van der Waals surface area contributed by atoms with Crippen LogP contribution in [0, 0.1) is 6.92 Å². The number of aryl methyl sites for hydroxylation is 1. The summed E-state index contributed by atoms with van der Waals surface area (Å²) < 4.78 is 37.1. The lowest BCUT2D eigenvalue weighted by molar-refractivity contribution is 0.0699. The van der Waals surface area contributed by atoms with Gasteiger partial charge in [0, 0.05) is 31.7 Å². The van der Waals surface area contributed by atoms with Crippen molar-refractivity contribution in [2.75, 3.05) is 33.5 Å². The summed E-state index contributed by atoms with van der Waals surface area (Å²) in [6.45, 7) is 4.14. The number of methoxy groups -OCH3 is 1. The largest absolute Gasteiger partial charge is 0.382 e. The van der Waals surface area contributed by atoms with Crippen LogP contribution in [-0.2, 0) is 26.0 Å². The van der Waals surface area contributed by atoms with Gasteiger partial charge in [-0.05, 0) is 25.0 Å². The third kappa shape index (κ3) is 5.47. The molecule has 0 bridgehead atoms. The van der Waals surface area contributed by atoms with Gasteiger partial charge in [0.05, 0.1) is 13.2 Å². The first-order valence-electron chi connectivity index (χ1n) is 6.37. The second kappa shape index (κ2) is 8.71. The van der Waals surface area contributed by atoms with E-state index in [0.717, 1.165) is 10.4 Å². The maximum absolute atomic E-state index is 12.0. The molecule has 0 radical (unpaired) electrons. The molecule has 1 heterocycles. The average Bonchev–Trinajstić information content (AvgIpc) is 2.80. The van der Waals surface area contributed by atoms with Gasteiger partial charge < -0.3 is 15.2 Å². The van der Waals surface area contributed by atoms with Gasteiger partial charge in [-0.2, -0.15) is 0 Å². The molecule has 0 saturated heterocycles. The zero-order valence-corrected chi connectivity index (χ0v) is 13.5. The van der Waals surface area contributed by atoms with E-state index in [-0.39, 0.29) is 0 Å². The van der Waals surface area contributed by atoms with Crippen LogP contribution in [-0.4, -0.2) is 41.9 Å². The second-order valence-corrected chi connectivity index (χ2v) is 7.36. The summed E-state index contributed by atoms with van der Waals surface area (Å²) >= 11 is 1.22. The molecule has 0 unspecified atom stereocenters. The van der Waals surface area contributed by atoms with Crippen molar-refractivity contribution in [1.82, 2.24) is 4.72 Å². The van der Waals surface area contributed by atoms with Crippen LogP contribution in [0.15, 0.2) is 10.3 Å². The molecule has 3 N–H and O–H groups in total. The fourth-order valence-corrected chi connectivity index (χ4v) is 4.11. The molecule has 0 amide bonds. The van der Waals surface area contributed by atoms with Crippen molar-refractivity contribution in [3.05, 3.63) is 16.5 Å². The SMILES string of the molecule is COCCOCCCNS(=O)(=O)c1cc(C)c(CN)s1. The van der Waals surface area contributed by atoms with E-state index in [2.05, 4.69) is 4.72 Å². The monoisotopic (exact) mass is 322 g/mol. The van der Waals surface area contributed by atoms with Crippen molar-refractivity contribution in [3.63, 3.8) is 0 Å². The van der Waals surface area contributed by atoms with E-state index in [9.17, 15) is 8.42 Å². The van der Waals surface area contributed by atoms with Gasteiger partial charge >= 0.3 is 0 Å². The number of hydrogen-bond acceptors (Lipinski definition) is 6. The van der Waals surface area contributed by atoms with Crippen LogP contribution in [0.2, 0.25) is 0 Å². The third-order valence-electron chi connectivity index (χ3n) is 2.64. The Morgan fingerprint density at radius 1 is 1.35 bits per heavy atom. The van der Waals surface area contributed by atoms with Gasteiger partial charge in [-0.3, -0.25) is 0 Å². The Morgan fingerprint density at radius 3 is 2.70 bits per heavy atom. The molecule has 116 valence electrons. The molecule has 0 atom stereocenters. The highest BCUT2D eigenvalue weighted by Crippen LogP contribution is 2.25. The Balaban J connectivity index is 2.38. The lowest BCUT2D eigenvalue weighted by Crippen LogP contribution is -2.25. The lowest BCUT2D eigenvalue weighted by Gasteiger charge is -2.05. The Morgan fingerprint density at radius 2 is 2.10 bits per heavy atom. The van der Waals surface area contributed by atoms with E-state index in [1.807, 2.05) is 6.92 Å². The minimum absolute atomic E-state index is 0.316. The first kappa shape index (κ1) is 17.5. The first-order valence-corrected chi connectivity index (χ1v) is 8.67. The van der Waals surface area contributed by atoms with Crippen molar-refractivity contribution in [3.8, 4) is 0 Å². The van der Waals surface area contributed by atoms with Gasteiger partial charge in [-0.25, -0.2) is 13.1 Å². The Hall–Kier alpha value is -0.510. The van der Waals surface area contributed by atoms with Gasteiger partial charge in [0.25, 0.3) is 0 Å². The van der Waals surface area contributed by atoms with Gasteiger partial charge in [0.15, 0.2) is 0 Å². The van der Waals surface area contributed by atoms with E-state index in [1.54, 1.807) is 13.2 Å². The molecule has 0 spiro atoms. The number of ether oxygens (including phenoxy) is 2. The van der Waals surface area contributed by atoms with E-state index in [0.29, 0.717) is 43.5 Å². The van der Waals surface area contributed by atoms with E-state index < -0.39 is 10.0 Å². The van der Waals surface area contributed by atoms with Crippen LogP contribution in [0.3, 0.4) is 0 Å². The molecule has 1 aromatic rings. The Kier molecular flexibility index (Phi) is 7.63. The van der Waals surface area contributed by atoms with Gasteiger partial charge in [-0.15, -0.1) is 11.3 Å². The number of nitrogens with one attached hydrogen (secondary N) is 1. The molecule has 1 aromatic heterocycles. The van der Waals surface area contributed by atoms with Crippen LogP contribution in [0.4, 0.5) is 0 Å². The minimum Gasteiger partial charge on any atom is -0.382 e. The average molecular weight is 322 g/mol. The van der Waals surface area contributed by atoms with Gasteiger partial charge in [0.2, 0.25) is 10.0 Å². The first-order chi connectivity index (χ1) is 9.51. The Labute approximate surface area is 124 Å². The molecule has 0 aliphatic heterocycles. The lowest BCUT2D eigenvalue weighted by atomic mass is 10.3. The van der Waals surface area contributed by atoms with Crippen LogP contribution < -0.4 is 10.5 Å². The Bertz CT molecular complexity index is 500. The van der Waals surface area contributed by atoms with Gasteiger partial charge in [0.1, 0.15) is 4.21 Å². The normalized spacial score (nSPS) is 11.9. The van der Waals surface area contributed by atoms with Gasteiger partial charge in [-0.1, -0.05) is 0 Å². The number of rotatable bonds is 10. The molecule has 20 heavy (non-hydrogen) atoms. The molecular weight excluding hydrogens is 300 g/mol. The highest BCUT2D eigenvalue weighted by atomic mass is 32.2. The fraction of sp³-hybridized carbons (Fsp3) is 0.667. The maximum Gasteiger partial charge on any atom is 0.250 e. The molecule has 0 fully saturated rings. The van der Waals surface area contributed by atoms with Crippen molar-refractivity contribution in [2.45, 2.75) is 24.1 Å². The topological polar surface area (TPSA) is 90.6 Å². The summed E-state index contributed by atoms with van der Waals surface area (Å²) in [7, 11) is -1.83. The maximum atomic E-state index is 12.0. The summed E-state index contributed by atoms with van der Waals surface area (Å²) in [6, 6.07) is 1.66. The third-order valence-corrected chi connectivity index (χ3v) is 5.83. The van der Waals surface area contributed by atoms with Crippen LogP contribution in [0.25, 0.3) is 0 Å². The molecule has 1 rings (SSSR count). The molecular formula is C12H22N2O4S2. The van der Waals surface area contributed by atoms with Crippen molar-refractivity contribution in [1.29, 1.82) is 0 Å². The fourth-order valence-electron chi connectivity index (χ4n) is 1.52. The summed E-state index contributed by atoms with van der Waals surface area (Å²) in [4.78, 5) is 0.897. The second-order valence-electron chi connectivity index (χ2n) is 4.23. The molecule has 8 heteroatoms. The predicted molar refractivity (Wildman–Crippen MR) is 79.4 cm³/mol. The van der Waals surface area contributed by atoms with Crippen LogP contribution in [0.1, 0.15) is 16.9 Å².